The number of terminal acetylenes is 4. The molecule has 0 radical (unpaired) electrons. The standard InChI is InChI=1S/C24H19S2.4C6H.4C2F6.Ga.4H2/c1-4-10-20(11-5-1)25-21-16-18-24(19-17-21)26(22-12-6-2-7-13-22)23-14-8-3-9-15-23;4*1-3-5-6-4-2;4*3-1(4,5)2(6,7)8;;;;;/h1-19H;4*1H;;;;;;4*1H/q+1;;;;;;;;;-1;;;;. The molecular formula is C56H31F24GaS2. The Morgan fingerprint density at radius 2 is 0.482 bits per heavy atom. The third-order valence-electron chi connectivity index (χ3n) is 7.23. The van der Waals surface area contributed by atoms with Gasteiger partial charge in [0.15, 0.2) is 14.7 Å². The van der Waals surface area contributed by atoms with E-state index in [0.717, 1.165) is 0 Å². The van der Waals surface area contributed by atoms with Crippen LogP contribution in [0.15, 0.2) is 140 Å². The first kappa shape index (κ1) is 76.3. The molecule has 83 heavy (non-hydrogen) atoms. The van der Waals surface area contributed by atoms with Crippen LogP contribution in [0.1, 0.15) is 5.71 Å². The smallest absolute Gasteiger partial charge is 0.162 e. The van der Waals surface area contributed by atoms with Crippen molar-refractivity contribution < 1.29 is 111 Å². The molecule has 4 rings (SSSR count). The summed E-state index contributed by atoms with van der Waals surface area (Å²) in [6, 6.07) is 41.1. The van der Waals surface area contributed by atoms with E-state index in [-0.39, 0.29) is 16.6 Å². The van der Waals surface area contributed by atoms with Crippen molar-refractivity contribution in [1.82, 2.24) is 0 Å². The third-order valence-corrected chi connectivity index (χ3v) is 15.3. The molecule has 438 valence electrons. The second kappa shape index (κ2) is 35.9. The van der Waals surface area contributed by atoms with E-state index in [1.54, 1.807) is 11.8 Å². The van der Waals surface area contributed by atoms with Gasteiger partial charge in [-0.2, -0.15) is 105 Å². The molecule has 0 bridgehead atoms. The summed E-state index contributed by atoms with van der Waals surface area (Å²) >= 11 is -2.10. The largest absolute Gasteiger partial charge is 0.487 e. The Hall–Kier alpha value is -8.74. The average molecular weight is 1290 g/mol. The van der Waals surface area contributed by atoms with Gasteiger partial charge in [0.25, 0.3) is 0 Å². The van der Waals surface area contributed by atoms with Gasteiger partial charge in [-0.05, 0) is 60.7 Å². The molecule has 0 saturated carbocycles. The van der Waals surface area contributed by atoms with E-state index in [9.17, 15) is 105 Å². The minimum Gasteiger partial charge on any atom is -0.162 e. The second-order valence-electron chi connectivity index (χ2n) is 13.3. The van der Waals surface area contributed by atoms with E-state index in [1.807, 2.05) is 0 Å². The maximum absolute atomic E-state index is 10.4. The first-order valence-electron chi connectivity index (χ1n) is 20.4. The maximum atomic E-state index is 10.4. The Kier molecular flexibility index (Phi) is 33.0. The molecule has 0 aromatic heterocycles. The van der Waals surface area contributed by atoms with Gasteiger partial charge in [0.1, 0.15) is 0 Å². The van der Waals surface area contributed by atoms with Crippen molar-refractivity contribution in [3.05, 3.63) is 115 Å². The van der Waals surface area contributed by atoms with Gasteiger partial charge in [0.2, 0.25) is 0 Å². The molecule has 0 aliphatic heterocycles. The molecule has 4 aromatic carbocycles. The summed E-state index contributed by atoms with van der Waals surface area (Å²) in [7, 11) is -0.0786. The molecule has 0 atom stereocenters. The number of alkyl halides is 24. The molecule has 0 N–H and O–H groups in total. The van der Waals surface area contributed by atoms with Crippen molar-refractivity contribution in [3.8, 4) is 138 Å². The zero-order valence-electron chi connectivity index (χ0n) is 40.2. The predicted octanol–water partition coefficient (Wildman–Crippen LogP) is 16.5. The van der Waals surface area contributed by atoms with Crippen LogP contribution < -0.4 is 0 Å². The predicted molar refractivity (Wildman–Crippen MR) is 272 cm³/mol. The van der Waals surface area contributed by atoms with E-state index in [1.165, 1.54) is 24.5 Å². The minimum absolute atomic E-state index is 0. The van der Waals surface area contributed by atoms with E-state index in [4.69, 9.17) is 25.7 Å². The van der Waals surface area contributed by atoms with Crippen molar-refractivity contribution in [2.45, 2.75) is 73.9 Å². The topological polar surface area (TPSA) is 0 Å². The Bertz CT molecular complexity index is 3020. The summed E-state index contributed by atoms with van der Waals surface area (Å²) in [5, 5.41) is 0. The van der Waals surface area contributed by atoms with Crippen LogP contribution in [0, 0.1) is 138 Å². The fourth-order valence-corrected chi connectivity index (χ4v) is 10.1. The van der Waals surface area contributed by atoms with Crippen molar-refractivity contribution in [2.75, 3.05) is 0 Å². The number of rotatable bonds is 5. The van der Waals surface area contributed by atoms with Crippen molar-refractivity contribution >= 4 is 37.7 Å². The van der Waals surface area contributed by atoms with Gasteiger partial charge in [-0.15, -0.1) is 0 Å². The molecule has 0 nitrogen and oxygen atoms in total. The summed E-state index contributed by atoms with van der Waals surface area (Å²) in [4.78, 5) is 6.58. The summed E-state index contributed by atoms with van der Waals surface area (Å²) < 4.78 is 262. The van der Waals surface area contributed by atoms with Gasteiger partial charge in [-0.1, -0.05) is 66.4 Å². The maximum Gasteiger partial charge on any atom is 0.487 e. The first-order chi connectivity index (χ1) is 38.1. The van der Waals surface area contributed by atoms with Crippen LogP contribution in [0.5, 0.6) is 0 Å². The molecule has 0 saturated heterocycles. The fraction of sp³-hybridized carbons (Fsp3) is 0.143. The van der Waals surface area contributed by atoms with Crippen LogP contribution in [0.3, 0.4) is 0 Å². The van der Waals surface area contributed by atoms with Crippen molar-refractivity contribution in [2.24, 2.45) is 0 Å². The minimum atomic E-state index is -6.06. The Morgan fingerprint density at radius 1 is 0.277 bits per heavy atom. The van der Waals surface area contributed by atoms with E-state index >= 15 is 0 Å². The monoisotopic (exact) mass is 1290 g/mol. The summed E-state index contributed by atoms with van der Waals surface area (Å²) in [5.74, 6) is 38.5. The summed E-state index contributed by atoms with van der Waals surface area (Å²) in [6.07, 6.45) is -28.3. The molecule has 0 amide bonds. The van der Waals surface area contributed by atoms with Gasteiger partial charge < -0.3 is 0 Å². The van der Waals surface area contributed by atoms with E-state index in [2.05, 4.69) is 228 Å². The molecule has 0 aliphatic carbocycles. The van der Waals surface area contributed by atoms with Crippen molar-refractivity contribution in [3.63, 3.8) is 0 Å². The number of hydrogen-bond donors (Lipinski definition) is 0. The Labute approximate surface area is 474 Å². The van der Waals surface area contributed by atoms with Gasteiger partial charge in [-0.25, -0.2) is 0 Å². The number of halogens is 24. The number of hydrogen-bond acceptors (Lipinski definition) is 1. The Morgan fingerprint density at radius 3 is 0.699 bits per heavy atom. The quantitative estimate of drug-likeness (QED) is 0.0831. The SMILES string of the molecule is C#CC#CC#[C][Ga-]([C]#CC#CC#C)([C]#CC#CC#C)[C]#CC#CC#C.FC(F)(F)C(F)(F)F.FC(F)(F)C(F)(F)F.FC(F)(F)C(F)(F)F.FC(F)(F)C(F)(F)F.[HH].[HH].[HH].[HH].c1ccc(Sc2ccc([S+](c3ccccc3)c3ccccc3)cc2)cc1. The van der Waals surface area contributed by atoms with Crippen LogP contribution in [0.2, 0.25) is 0 Å². The molecule has 4 aromatic rings. The summed E-state index contributed by atoms with van der Waals surface area (Å²) in [5.41, 5.74) is 0. The molecule has 0 unspecified atom stereocenters. The molecule has 27 heteroatoms. The number of benzene rings is 4. The van der Waals surface area contributed by atoms with Crippen LogP contribution in [-0.2, 0) is 10.9 Å². The van der Waals surface area contributed by atoms with Crippen molar-refractivity contribution in [1.29, 1.82) is 0 Å². The zero-order chi connectivity index (χ0) is 64.2. The molecule has 0 fully saturated rings. The van der Waals surface area contributed by atoms with Gasteiger partial charge >= 0.3 is 203 Å². The molecule has 0 spiro atoms. The second-order valence-corrected chi connectivity index (χ2v) is 22.6. The van der Waals surface area contributed by atoms with Crippen LogP contribution in [0.4, 0.5) is 105 Å². The fourth-order valence-electron chi connectivity index (χ4n) is 3.85. The zero-order valence-corrected chi connectivity index (χ0v) is 44.3. The van der Waals surface area contributed by atoms with Crippen LogP contribution >= 0.6 is 11.8 Å². The van der Waals surface area contributed by atoms with E-state index in [0.29, 0.717) is 0 Å². The van der Waals surface area contributed by atoms with Gasteiger partial charge in [0.05, 0.1) is 10.9 Å². The average Bonchev–Trinajstić information content (AvgIpc) is 3.46. The van der Waals surface area contributed by atoms with Gasteiger partial charge in [-0.3, -0.25) is 0 Å². The molecule has 0 heterocycles. The molecular weight excluding hydrogens is 1260 g/mol. The summed E-state index contributed by atoms with van der Waals surface area (Å²) in [6.45, 7) is 0. The van der Waals surface area contributed by atoms with Crippen LogP contribution in [0.25, 0.3) is 0 Å². The Balaban J connectivity index is -0.000000246. The normalized spacial score (nSPS) is 10.5. The third kappa shape index (κ3) is 33.6. The molecule has 0 aliphatic rings. The van der Waals surface area contributed by atoms with Gasteiger partial charge in [0, 0.05) is 15.5 Å². The van der Waals surface area contributed by atoms with Crippen LogP contribution in [-0.4, -0.2) is 64.4 Å². The van der Waals surface area contributed by atoms with E-state index < -0.39 is 64.4 Å². The first-order valence-corrected chi connectivity index (χ1v) is 27.3.